The van der Waals surface area contributed by atoms with Crippen molar-refractivity contribution in [1.82, 2.24) is 15.0 Å². The first-order valence-corrected chi connectivity index (χ1v) is 9.14. The minimum Gasteiger partial charge on any atom is -0.477 e. The van der Waals surface area contributed by atoms with Gasteiger partial charge in [-0.1, -0.05) is 41.1 Å². The minimum atomic E-state index is -4.41. The summed E-state index contributed by atoms with van der Waals surface area (Å²) in [7, 11) is 0. The second kappa shape index (κ2) is 10.4. The van der Waals surface area contributed by atoms with Crippen molar-refractivity contribution in [3.63, 3.8) is 0 Å². The number of carboxylic acids is 1. The number of aryl methyl sites for hydroxylation is 2. The molecule has 4 rings (SSSR count). The Morgan fingerprint density at radius 1 is 1.00 bits per heavy atom. The summed E-state index contributed by atoms with van der Waals surface area (Å²) < 4.78 is 39.4. The van der Waals surface area contributed by atoms with Crippen LogP contribution in [0.2, 0.25) is 0 Å². The molecule has 0 saturated heterocycles. The molecule has 0 atom stereocenters. The van der Waals surface area contributed by atoms with E-state index in [1.54, 1.807) is 43.5 Å². The van der Waals surface area contributed by atoms with Crippen molar-refractivity contribution in [1.29, 1.82) is 0 Å². The SMILES string of the molecule is Cc1cnc(-c2[c-]cc(C(F)(F)F)c3ccccc23)c(C)n1.O=C(O)c1ccccn1.[Ir]. The summed E-state index contributed by atoms with van der Waals surface area (Å²) >= 11 is 0. The molecule has 1 N–H and O–H groups in total. The van der Waals surface area contributed by atoms with Crippen molar-refractivity contribution in [2.45, 2.75) is 20.0 Å². The van der Waals surface area contributed by atoms with Crippen molar-refractivity contribution in [2.75, 3.05) is 0 Å². The minimum absolute atomic E-state index is 0. The molecule has 9 heteroatoms. The van der Waals surface area contributed by atoms with E-state index in [0.29, 0.717) is 22.3 Å². The van der Waals surface area contributed by atoms with Crippen LogP contribution in [0.5, 0.6) is 0 Å². The first kappa shape index (κ1) is 25.1. The van der Waals surface area contributed by atoms with Crippen LogP contribution in [-0.2, 0) is 26.3 Å². The Bertz CT molecular complexity index is 1230. The van der Waals surface area contributed by atoms with Gasteiger partial charge in [0, 0.05) is 43.9 Å². The molecule has 167 valence electrons. The number of nitrogens with zero attached hydrogens (tertiary/aromatic N) is 3. The molecule has 0 aliphatic rings. The van der Waals surface area contributed by atoms with E-state index in [1.807, 2.05) is 6.92 Å². The van der Waals surface area contributed by atoms with Gasteiger partial charge in [0.1, 0.15) is 5.69 Å². The number of halogens is 3. The predicted molar refractivity (Wildman–Crippen MR) is 109 cm³/mol. The van der Waals surface area contributed by atoms with Crippen molar-refractivity contribution in [2.24, 2.45) is 0 Å². The number of alkyl halides is 3. The van der Waals surface area contributed by atoms with Crippen LogP contribution in [0.1, 0.15) is 27.4 Å². The first-order chi connectivity index (χ1) is 14.7. The molecule has 2 aromatic carbocycles. The summed E-state index contributed by atoms with van der Waals surface area (Å²) in [4.78, 5) is 22.4. The van der Waals surface area contributed by atoms with E-state index < -0.39 is 17.7 Å². The average molecular weight is 617 g/mol. The molecule has 32 heavy (non-hydrogen) atoms. The fourth-order valence-electron chi connectivity index (χ4n) is 3.00. The second-order valence-corrected chi connectivity index (χ2v) is 6.59. The standard InChI is InChI=1S/C17H12F3N2.C6H5NO2.Ir/c1-10-9-21-16(11(2)22-10)14-7-8-15(17(18,19)20)13-6-4-3-5-12(13)14;8-6(9)5-3-1-2-4-7-5;/h3-6,8-9H,1-2H3;1-4H,(H,8,9);/q-1;;. The number of hydrogen-bond acceptors (Lipinski definition) is 4. The molecule has 0 spiro atoms. The van der Waals surface area contributed by atoms with Crippen molar-refractivity contribution in [3.05, 3.63) is 89.6 Å². The molecular weight excluding hydrogens is 599 g/mol. The van der Waals surface area contributed by atoms with Gasteiger partial charge in [0.25, 0.3) is 0 Å². The second-order valence-electron chi connectivity index (χ2n) is 6.59. The number of aromatic carboxylic acids is 1. The predicted octanol–water partition coefficient (Wildman–Crippen LogP) is 5.51. The van der Waals surface area contributed by atoms with Gasteiger partial charge in [0.05, 0.1) is 5.69 Å². The van der Waals surface area contributed by atoms with E-state index in [2.05, 4.69) is 21.0 Å². The Morgan fingerprint density at radius 2 is 1.66 bits per heavy atom. The number of rotatable bonds is 2. The van der Waals surface area contributed by atoms with Crippen LogP contribution < -0.4 is 0 Å². The number of fused-ring (bicyclic) bond motifs is 1. The molecule has 0 aliphatic carbocycles. The molecule has 4 aromatic rings. The van der Waals surface area contributed by atoms with Crippen LogP contribution >= 0.6 is 0 Å². The van der Waals surface area contributed by atoms with E-state index in [-0.39, 0.29) is 31.2 Å². The summed E-state index contributed by atoms with van der Waals surface area (Å²) in [5, 5.41) is 8.94. The number of carboxylic acid groups (broad SMARTS) is 1. The number of aromatic nitrogens is 3. The van der Waals surface area contributed by atoms with Crippen molar-refractivity contribution in [3.8, 4) is 11.3 Å². The Kier molecular flexibility index (Phi) is 8.19. The topological polar surface area (TPSA) is 76.0 Å². The van der Waals surface area contributed by atoms with Gasteiger partial charge in [-0.25, -0.2) is 9.78 Å². The quantitative estimate of drug-likeness (QED) is 0.301. The maximum Gasteiger partial charge on any atom is 0.382 e. The van der Waals surface area contributed by atoms with E-state index >= 15 is 0 Å². The Morgan fingerprint density at radius 3 is 2.19 bits per heavy atom. The van der Waals surface area contributed by atoms with E-state index in [0.717, 1.165) is 11.8 Å². The normalized spacial score (nSPS) is 10.7. The monoisotopic (exact) mass is 617 g/mol. The third-order valence-corrected chi connectivity index (χ3v) is 4.34. The molecule has 0 amide bonds. The maximum absolute atomic E-state index is 13.1. The number of carbonyl (C=O) groups is 1. The molecule has 1 radical (unpaired) electrons. The van der Waals surface area contributed by atoms with Crippen LogP contribution in [0.3, 0.4) is 0 Å². The van der Waals surface area contributed by atoms with Gasteiger partial charge < -0.3 is 10.1 Å². The molecule has 2 aromatic heterocycles. The number of pyridine rings is 1. The molecule has 0 aliphatic heterocycles. The first-order valence-electron chi connectivity index (χ1n) is 9.14. The fourth-order valence-corrected chi connectivity index (χ4v) is 3.00. The van der Waals surface area contributed by atoms with Gasteiger partial charge >= 0.3 is 12.1 Å². The average Bonchev–Trinajstić information content (AvgIpc) is 2.73. The van der Waals surface area contributed by atoms with Crippen LogP contribution in [0, 0.1) is 19.9 Å². The van der Waals surface area contributed by atoms with Gasteiger partial charge in [-0.05, 0) is 31.5 Å². The van der Waals surface area contributed by atoms with Crippen molar-refractivity contribution >= 4 is 16.7 Å². The van der Waals surface area contributed by atoms with Gasteiger partial charge in [-0.2, -0.15) is 13.2 Å². The molecular formula is C23H17F3IrN3O2-. The zero-order valence-electron chi connectivity index (χ0n) is 16.9. The summed E-state index contributed by atoms with van der Waals surface area (Å²) in [5.41, 5.74) is 1.91. The molecule has 2 heterocycles. The zero-order chi connectivity index (χ0) is 22.6. The Hall–Kier alpha value is -3.16. The van der Waals surface area contributed by atoms with E-state index in [1.165, 1.54) is 18.3 Å². The largest absolute Gasteiger partial charge is 0.477 e. The molecule has 0 saturated carbocycles. The Balaban J connectivity index is 0.000000307. The third-order valence-electron chi connectivity index (χ3n) is 4.34. The van der Waals surface area contributed by atoms with Crippen molar-refractivity contribution < 1.29 is 43.2 Å². The summed E-state index contributed by atoms with van der Waals surface area (Å²) in [5.74, 6) is -0.990. The molecule has 0 unspecified atom stereocenters. The van der Waals surface area contributed by atoms with Crippen LogP contribution in [0.15, 0.2) is 60.9 Å². The van der Waals surface area contributed by atoms with Gasteiger partial charge in [0.15, 0.2) is 0 Å². The summed E-state index contributed by atoms with van der Waals surface area (Å²) in [6, 6.07) is 14.9. The fraction of sp³-hybridized carbons (Fsp3) is 0.130. The summed E-state index contributed by atoms with van der Waals surface area (Å²) in [6.45, 7) is 3.61. The number of benzene rings is 2. The smallest absolute Gasteiger partial charge is 0.382 e. The van der Waals surface area contributed by atoms with Crippen LogP contribution in [-0.4, -0.2) is 26.0 Å². The summed E-state index contributed by atoms with van der Waals surface area (Å²) in [6.07, 6.45) is -1.37. The zero-order valence-corrected chi connectivity index (χ0v) is 19.3. The van der Waals surface area contributed by atoms with E-state index in [4.69, 9.17) is 5.11 Å². The molecule has 0 bridgehead atoms. The third kappa shape index (κ3) is 5.75. The van der Waals surface area contributed by atoms with Crippen LogP contribution in [0.4, 0.5) is 13.2 Å². The van der Waals surface area contributed by atoms with E-state index in [9.17, 15) is 18.0 Å². The maximum atomic E-state index is 13.1. The number of hydrogen-bond donors (Lipinski definition) is 1. The van der Waals surface area contributed by atoms with Gasteiger partial charge in [0.2, 0.25) is 0 Å². The Labute approximate surface area is 195 Å². The van der Waals surface area contributed by atoms with Gasteiger partial charge in [-0.3, -0.25) is 4.98 Å². The molecule has 5 nitrogen and oxygen atoms in total. The van der Waals surface area contributed by atoms with Gasteiger partial charge in [-0.15, -0.1) is 17.7 Å². The molecule has 0 fully saturated rings. The van der Waals surface area contributed by atoms with Crippen LogP contribution in [0.25, 0.3) is 22.0 Å².